The molecule has 1 aliphatic rings. The Balaban J connectivity index is 1.62. The summed E-state index contributed by atoms with van der Waals surface area (Å²) in [4.78, 5) is 2.66. The highest BCUT2D eigenvalue weighted by Crippen LogP contribution is 2.32. The summed E-state index contributed by atoms with van der Waals surface area (Å²) in [5, 5.41) is 4.23. The number of anilines is 1. The topological polar surface area (TPSA) is 40.6 Å². The van der Waals surface area contributed by atoms with Crippen molar-refractivity contribution < 1.29 is 12.8 Å². The first kappa shape index (κ1) is 21.0. The van der Waals surface area contributed by atoms with Gasteiger partial charge < -0.3 is 0 Å². The number of aryl methyl sites for hydroxylation is 1. The number of nitrogens with zero attached hydrogens (tertiary/aromatic N) is 2. The largest absolute Gasteiger partial charge is 0.299 e. The van der Waals surface area contributed by atoms with Crippen LogP contribution in [0.1, 0.15) is 24.0 Å². The predicted molar refractivity (Wildman–Crippen MR) is 120 cm³/mol. The number of benzene rings is 2. The number of piperidine rings is 1. The summed E-state index contributed by atoms with van der Waals surface area (Å²) < 4.78 is 42.4. The zero-order valence-corrected chi connectivity index (χ0v) is 18.5. The third-order valence-electron chi connectivity index (χ3n) is 5.59. The van der Waals surface area contributed by atoms with Crippen molar-refractivity contribution in [1.82, 2.24) is 4.90 Å². The Morgan fingerprint density at radius 3 is 2.40 bits per heavy atom. The number of thiophene rings is 1. The molecule has 0 saturated carbocycles. The highest BCUT2D eigenvalue weighted by Gasteiger charge is 2.34. The van der Waals surface area contributed by atoms with Crippen molar-refractivity contribution in [2.75, 3.05) is 17.4 Å². The molecule has 2 aromatic carbocycles. The second-order valence-electron chi connectivity index (χ2n) is 7.68. The summed E-state index contributed by atoms with van der Waals surface area (Å²) in [5.41, 5.74) is 2.51. The monoisotopic (exact) mass is 444 g/mol. The van der Waals surface area contributed by atoms with Gasteiger partial charge in [0, 0.05) is 25.7 Å². The van der Waals surface area contributed by atoms with Crippen LogP contribution in [0.3, 0.4) is 0 Å². The van der Waals surface area contributed by atoms with Crippen molar-refractivity contribution in [3.63, 3.8) is 0 Å². The number of rotatable bonds is 6. The van der Waals surface area contributed by atoms with E-state index < -0.39 is 10.0 Å². The van der Waals surface area contributed by atoms with Crippen LogP contribution >= 0.6 is 11.3 Å². The molecule has 0 bridgehead atoms. The average molecular weight is 445 g/mol. The van der Waals surface area contributed by atoms with E-state index in [0.717, 1.165) is 32.5 Å². The van der Waals surface area contributed by atoms with Crippen LogP contribution in [0.2, 0.25) is 0 Å². The Kier molecular flexibility index (Phi) is 6.22. The number of likely N-dealkylation sites (tertiary alicyclic amines) is 1. The standard InChI is InChI=1S/C23H25FN2O2S2/c1-18-4-2-3-5-23(18)30(27,28)26(21-8-6-20(24)7-9-21)22-10-13-25(14-11-22)16-19-12-15-29-17-19/h2-9,12,15,17,22H,10-11,13-14,16H2,1H3. The lowest BCUT2D eigenvalue weighted by Crippen LogP contribution is -2.47. The molecule has 0 radical (unpaired) electrons. The average Bonchev–Trinajstić information content (AvgIpc) is 3.24. The van der Waals surface area contributed by atoms with E-state index >= 15 is 0 Å². The third kappa shape index (κ3) is 4.43. The lowest BCUT2D eigenvalue weighted by molar-refractivity contribution is 0.207. The van der Waals surface area contributed by atoms with Crippen molar-refractivity contribution in [2.45, 2.75) is 37.2 Å². The van der Waals surface area contributed by atoms with Gasteiger partial charge in [-0.1, -0.05) is 18.2 Å². The molecule has 0 N–H and O–H groups in total. The number of hydrogen-bond acceptors (Lipinski definition) is 4. The molecule has 2 heterocycles. The van der Waals surface area contributed by atoms with Crippen LogP contribution < -0.4 is 4.31 Å². The minimum Gasteiger partial charge on any atom is -0.299 e. The Morgan fingerprint density at radius 2 is 1.77 bits per heavy atom. The van der Waals surface area contributed by atoms with Crippen LogP contribution in [-0.2, 0) is 16.6 Å². The van der Waals surface area contributed by atoms with Gasteiger partial charge in [0.05, 0.1) is 10.6 Å². The van der Waals surface area contributed by atoms with Gasteiger partial charge >= 0.3 is 0 Å². The van der Waals surface area contributed by atoms with Crippen LogP contribution in [-0.4, -0.2) is 32.4 Å². The second-order valence-corrected chi connectivity index (χ2v) is 10.2. The van der Waals surface area contributed by atoms with E-state index in [4.69, 9.17) is 0 Å². The van der Waals surface area contributed by atoms with Gasteiger partial charge in [-0.05, 0) is 78.1 Å². The predicted octanol–water partition coefficient (Wildman–Crippen LogP) is 5.06. The minimum atomic E-state index is -3.77. The molecule has 4 rings (SSSR count). The number of sulfonamides is 1. The van der Waals surface area contributed by atoms with Gasteiger partial charge in [0.15, 0.2) is 0 Å². The number of hydrogen-bond donors (Lipinski definition) is 0. The SMILES string of the molecule is Cc1ccccc1S(=O)(=O)N(c1ccc(F)cc1)C1CCN(Cc2ccsc2)CC1. The van der Waals surface area contributed by atoms with E-state index in [1.54, 1.807) is 48.6 Å². The molecule has 1 saturated heterocycles. The van der Waals surface area contributed by atoms with Crippen LogP contribution in [0.25, 0.3) is 0 Å². The van der Waals surface area contributed by atoms with Gasteiger partial charge in [-0.2, -0.15) is 11.3 Å². The molecule has 1 aromatic heterocycles. The first-order valence-corrected chi connectivity index (χ1v) is 12.4. The highest BCUT2D eigenvalue weighted by atomic mass is 32.2. The molecule has 7 heteroatoms. The summed E-state index contributed by atoms with van der Waals surface area (Å²) in [6.45, 7) is 4.33. The van der Waals surface area contributed by atoms with Crippen LogP contribution in [0.5, 0.6) is 0 Å². The molecule has 30 heavy (non-hydrogen) atoms. The van der Waals surface area contributed by atoms with Crippen LogP contribution in [0.15, 0.2) is 70.3 Å². The molecule has 158 valence electrons. The lowest BCUT2D eigenvalue weighted by atomic mass is 10.0. The summed E-state index contributed by atoms with van der Waals surface area (Å²) in [6.07, 6.45) is 1.46. The highest BCUT2D eigenvalue weighted by molar-refractivity contribution is 7.93. The van der Waals surface area contributed by atoms with E-state index in [9.17, 15) is 12.8 Å². The number of halogens is 1. The van der Waals surface area contributed by atoms with Crippen molar-refractivity contribution in [1.29, 1.82) is 0 Å². The summed E-state index contributed by atoms with van der Waals surface area (Å²) >= 11 is 1.69. The fraction of sp³-hybridized carbons (Fsp3) is 0.304. The Bertz CT molecular complexity index is 1070. The Morgan fingerprint density at radius 1 is 1.07 bits per heavy atom. The van der Waals surface area contributed by atoms with Crippen molar-refractivity contribution in [3.8, 4) is 0 Å². The summed E-state index contributed by atoms with van der Waals surface area (Å²) in [5.74, 6) is -0.377. The van der Waals surface area contributed by atoms with Crippen LogP contribution in [0.4, 0.5) is 10.1 Å². The Labute approximate surface area is 181 Å². The van der Waals surface area contributed by atoms with Crippen LogP contribution in [0, 0.1) is 12.7 Å². The van der Waals surface area contributed by atoms with E-state index in [-0.39, 0.29) is 11.9 Å². The molecule has 1 aliphatic heterocycles. The molecule has 3 aromatic rings. The quantitative estimate of drug-likeness (QED) is 0.534. The van der Waals surface area contributed by atoms with Gasteiger partial charge in [-0.3, -0.25) is 9.21 Å². The molecule has 0 spiro atoms. The van der Waals surface area contributed by atoms with E-state index in [1.807, 2.05) is 6.07 Å². The molecule has 0 unspecified atom stereocenters. The smallest absolute Gasteiger partial charge is 0.264 e. The van der Waals surface area contributed by atoms with Crippen molar-refractivity contribution in [3.05, 3.63) is 82.3 Å². The molecule has 0 amide bonds. The van der Waals surface area contributed by atoms with E-state index in [2.05, 4.69) is 21.7 Å². The maximum atomic E-state index is 13.7. The third-order valence-corrected chi connectivity index (χ3v) is 8.36. The first-order chi connectivity index (χ1) is 14.4. The first-order valence-electron chi connectivity index (χ1n) is 10.0. The van der Waals surface area contributed by atoms with Gasteiger partial charge in [-0.15, -0.1) is 0 Å². The minimum absolute atomic E-state index is 0.168. The van der Waals surface area contributed by atoms with Crippen molar-refractivity contribution >= 4 is 27.0 Å². The fourth-order valence-corrected chi connectivity index (χ4v) is 6.64. The zero-order chi connectivity index (χ0) is 21.1. The lowest BCUT2D eigenvalue weighted by Gasteiger charge is -2.39. The second kappa shape index (κ2) is 8.88. The van der Waals surface area contributed by atoms with Gasteiger partial charge in [0.2, 0.25) is 0 Å². The zero-order valence-electron chi connectivity index (χ0n) is 16.9. The van der Waals surface area contributed by atoms with Gasteiger partial charge in [0.25, 0.3) is 10.0 Å². The Hall–Kier alpha value is -2.22. The van der Waals surface area contributed by atoms with Gasteiger partial charge in [-0.25, -0.2) is 12.8 Å². The summed E-state index contributed by atoms with van der Waals surface area (Å²) in [7, 11) is -3.77. The van der Waals surface area contributed by atoms with E-state index in [1.165, 1.54) is 22.0 Å². The molecule has 0 aliphatic carbocycles. The molecular formula is C23H25FN2O2S2. The molecule has 0 atom stereocenters. The maximum absolute atomic E-state index is 13.7. The van der Waals surface area contributed by atoms with E-state index in [0.29, 0.717) is 16.1 Å². The molecule has 4 nitrogen and oxygen atoms in total. The van der Waals surface area contributed by atoms with Gasteiger partial charge in [0.1, 0.15) is 5.82 Å². The normalized spacial score (nSPS) is 15.9. The summed E-state index contributed by atoms with van der Waals surface area (Å²) in [6, 6.07) is 14.7. The maximum Gasteiger partial charge on any atom is 0.264 e. The fourth-order valence-electron chi connectivity index (χ4n) is 4.04. The molecule has 1 fully saturated rings. The van der Waals surface area contributed by atoms with Crippen molar-refractivity contribution in [2.24, 2.45) is 0 Å². The molecular weight excluding hydrogens is 419 g/mol.